The van der Waals surface area contributed by atoms with Crippen molar-refractivity contribution in [3.63, 3.8) is 0 Å². The highest BCUT2D eigenvalue weighted by Crippen LogP contribution is 2.19. The van der Waals surface area contributed by atoms with E-state index in [9.17, 15) is 4.79 Å². The van der Waals surface area contributed by atoms with Crippen LogP contribution in [0.2, 0.25) is 0 Å². The zero-order valence-electron chi connectivity index (χ0n) is 10.4. The lowest BCUT2D eigenvalue weighted by Gasteiger charge is -2.18. The third-order valence-electron chi connectivity index (χ3n) is 2.11. The van der Waals surface area contributed by atoms with E-state index in [1.807, 2.05) is 50.1 Å². The maximum atomic E-state index is 11.0. The quantitative estimate of drug-likeness (QED) is 0.765. The molecule has 0 fully saturated rings. The number of likely N-dealkylation sites (N-methyl/N-ethyl adjacent to an activating group) is 1. The molecule has 0 aliphatic rings. The van der Waals surface area contributed by atoms with Crippen LogP contribution in [-0.4, -0.2) is 25.5 Å². The summed E-state index contributed by atoms with van der Waals surface area (Å²) in [5, 5.41) is 0. The molecule has 0 aliphatic carbocycles. The van der Waals surface area contributed by atoms with Crippen LogP contribution in [0.3, 0.4) is 0 Å². The van der Waals surface area contributed by atoms with Crippen molar-refractivity contribution in [1.29, 1.82) is 0 Å². The van der Waals surface area contributed by atoms with Crippen molar-refractivity contribution in [2.45, 2.75) is 26.9 Å². The number of ketones is 1. The molecule has 3 heteroatoms. The Balaban J connectivity index is 2.66. The number of hydrogen-bond acceptors (Lipinski definition) is 3. The molecule has 0 spiro atoms. The summed E-state index contributed by atoms with van der Waals surface area (Å²) in [5.41, 5.74) is 1.02. The van der Waals surface area contributed by atoms with Gasteiger partial charge in [-0.3, -0.25) is 4.79 Å². The van der Waals surface area contributed by atoms with Crippen molar-refractivity contribution >= 4 is 11.5 Å². The molecule has 0 atom stereocenters. The summed E-state index contributed by atoms with van der Waals surface area (Å²) in [6, 6.07) is 7.76. The SMILES string of the molecule is CC(=O)CN(C)c1ccc(OC(C)C)cc1. The molecule has 16 heavy (non-hydrogen) atoms. The number of hydrogen-bond donors (Lipinski definition) is 0. The monoisotopic (exact) mass is 221 g/mol. The second-order valence-electron chi connectivity index (χ2n) is 4.22. The van der Waals surface area contributed by atoms with Crippen molar-refractivity contribution in [3.05, 3.63) is 24.3 Å². The third-order valence-corrected chi connectivity index (χ3v) is 2.11. The lowest BCUT2D eigenvalue weighted by Crippen LogP contribution is -2.23. The molecule has 0 bridgehead atoms. The minimum Gasteiger partial charge on any atom is -0.491 e. The number of carbonyl (C=O) groups is 1. The van der Waals surface area contributed by atoms with Gasteiger partial charge < -0.3 is 9.64 Å². The highest BCUT2D eigenvalue weighted by atomic mass is 16.5. The molecule has 0 saturated heterocycles. The van der Waals surface area contributed by atoms with E-state index < -0.39 is 0 Å². The summed E-state index contributed by atoms with van der Waals surface area (Å²) in [7, 11) is 1.90. The lowest BCUT2D eigenvalue weighted by atomic mass is 10.2. The molecule has 0 radical (unpaired) electrons. The van der Waals surface area contributed by atoms with Gasteiger partial charge in [-0.05, 0) is 45.0 Å². The number of rotatable bonds is 5. The second kappa shape index (κ2) is 5.54. The van der Waals surface area contributed by atoms with E-state index in [4.69, 9.17) is 4.74 Å². The third kappa shape index (κ3) is 3.93. The maximum Gasteiger partial charge on any atom is 0.149 e. The van der Waals surface area contributed by atoms with E-state index in [0.717, 1.165) is 11.4 Å². The zero-order valence-corrected chi connectivity index (χ0v) is 10.4. The molecule has 0 aromatic heterocycles. The highest BCUT2D eigenvalue weighted by Gasteiger charge is 2.04. The van der Waals surface area contributed by atoms with Crippen LogP contribution in [0, 0.1) is 0 Å². The first-order chi connectivity index (χ1) is 7.49. The summed E-state index contributed by atoms with van der Waals surface area (Å²) < 4.78 is 5.54. The summed E-state index contributed by atoms with van der Waals surface area (Å²) in [4.78, 5) is 12.9. The van der Waals surface area contributed by atoms with Crippen molar-refractivity contribution in [1.82, 2.24) is 0 Å². The minimum absolute atomic E-state index is 0.157. The van der Waals surface area contributed by atoms with E-state index >= 15 is 0 Å². The van der Waals surface area contributed by atoms with E-state index in [0.29, 0.717) is 6.54 Å². The molecule has 0 aliphatic heterocycles. The highest BCUT2D eigenvalue weighted by molar-refractivity contribution is 5.80. The van der Waals surface area contributed by atoms with Crippen LogP contribution in [-0.2, 0) is 4.79 Å². The Hall–Kier alpha value is -1.51. The Morgan fingerprint density at radius 2 is 1.88 bits per heavy atom. The largest absolute Gasteiger partial charge is 0.491 e. The van der Waals surface area contributed by atoms with E-state index in [2.05, 4.69) is 0 Å². The Morgan fingerprint density at radius 1 is 1.31 bits per heavy atom. The van der Waals surface area contributed by atoms with Gasteiger partial charge in [-0.1, -0.05) is 0 Å². The Labute approximate surface area is 97.0 Å². The summed E-state index contributed by atoms with van der Waals surface area (Å²) in [6.07, 6.45) is 0.181. The number of benzene rings is 1. The first-order valence-electron chi connectivity index (χ1n) is 5.46. The van der Waals surface area contributed by atoms with Gasteiger partial charge in [0, 0.05) is 12.7 Å². The summed E-state index contributed by atoms with van der Waals surface area (Å²) in [5.74, 6) is 1.01. The number of ether oxygens (including phenoxy) is 1. The van der Waals surface area contributed by atoms with Crippen LogP contribution in [0.15, 0.2) is 24.3 Å². The Kier molecular flexibility index (Phi) is 4.35. The normalized spacial score (nSPS) is 10.3. The molecule has 0 heterocycles. The first-order valence-corrected chi connectivity index (χ1v) is 5.46. The molecule has 1 aromatic carbocycles. The topological polar surface area (TPSA) is 29.5 Å². The van der Waals surface area contributed by atoms with Crippen LogP contribution in [0.4, 0.5) is 5.69 Å². The van der Waals surface area contributed by atoms with E-state index in [1.165, 1.54) is 0 Å². The molecule has 0 unspecified atom stereocenters. The second-order valence-corrected chi connectivity index (χ2v) is 4.22. The molecule has 1 aromatic rings. The van der Waals surface area contributed by atoms with Crippen molar-refractivity contribution < 1.29 is 9.53 Å². The molecule has 1 rings (SSSR count). The van der Waals surface area contributed by atoms with Gasteiger partial charge in [-0.15, -0.1) is 0 Å². The molecule has 3 nitrogen and oxygen atoms in total. The van der Waals surface area contributed by atoms with Crippen LogP contribution >= 0.6 is 0 Å². The van der Waals surface area contributed by atoms with Crippen LogP contribution < -0.4 is 9.64 Å². The molecule has 0 N–H and O–H groups in total. The van der Waals surface area contributed by atoms with Gasteiger partial charge in [-0.25, -0.2) is 0 Å². The van der Waals surface area contributed by atoms with Gasteiger partial charge in [0.25, 0.3) is 0 Å². The van der Waals surface area contributed by atoms with Gasteiger partial charge in [0.2, 0.25) is 0 Å². The fraction of sp³-hybridized carbons (Fsp3) is 0.462. The summed E-state index contributed by atoms with van der Waals surface area (Å²) >= 11 is 0. The number of carbonyl (C=O) groups excluding carboxylic acids is 1. The fourth-order valence-electron chi connectivity index (χ4n) is 1.48. The number of nitrogens with zero attached hydrogens (tertiary/aromatic N) is 1. The minimum atomic E-state index is 0.157. The number of Topliss-reactive ketones (excluding diaryl/α,β-unsaturated/α-hetero) is 1. The molecular formula is C13H19NO2. The van der Waals surface area contributed by atoms with Gasteiger partial charge in [0.05, 0.1) is 12.6 Å². The van der Waals surface area contributed by atoms with Crippen LogP contribution in [0.5, 0.6) is 5.75 Å². The van der Waals surface area contributed by atoms with Crippen molar-refractivity contribution in [2.75, 3.05) is 18.5 Å². The summed E-state index contributed by atoms with van der Waals surface area (Å²) in [6.45, 7) is 6.02. The predicted octanol–water partition coefficient (Wildman–Crippen LogP) is 2.50. The molecular weight excluding hydrogens is 202 g/mol. The average Bonchev–Trinajstić information content (AvgIpc) is 2.16. The smallest absolute Gasteiger partial charge is 0.149 e. The van der Waals surface area contributed by atoms with E-state index in [-0.39, 0.29) is 11.9 Å². The fourth-order valence-corrected chi connectivity index (χ4v) is 1.48. The van der Waals surface area contributed by atoms with Crippen molar-refractivity contribution in [3.8, 4) is 5.75 Å². The number of anilines is 1. The maximum absolute atomic E-state index is 11.0. The van der Waals surface area contributed by atoms with Gasteiger partial charge in [0.1, 0.15) is 11.5 Å². The van der Waals surface area contributed by atoms with Gasteiger partial charge in [0.15, 0.2) is 0 Å². The van der Waals surface area contributed by atoms with Crippen molar-refractivity contribution in [2.24, 2.45) is 0 Å². The predicted molar refractivity (Wildman–Crippen MR) is 66.2 cm³/mol. The average molecular weight is 221 g/mol. The molecule has 88 valence electrons. The Morgan fingerprint density at radius 3 is 2.31 bits per heavy atom. The standard InChI is InChI=1S/C13H19NO2/c1-10(2)16-13-7-5-12(6-8-13)14(4)9-11(3)15/h5-8,10H,9H2,1-4H3. The lowest BCUT2D eigenvalue weighted by molar-refractivity contribution is -0.115. The van der Waals surface area contributed by atoms with Crippen LogP contribution in [0.25, 0.3) is 0 Å². The molecule has 0 saturated carbocycles. The molecule has 0 amide bonds. The van der Waals surface area contributed by atoms with Crippen LogP contribution in [0.1, 0.15) is 20.8 Å². The zero-order chi connectivity index (χ0) is 12.1. The first kappa shape index (κ1) is 12.6. The Bertz CT molecular complexity index is 343. The van der Waals surface area contributed by atoms with Gasteiger partial charge >= 0.3 is 0 Å². The van der Waals surface area contributed by atoms with E-state index in [1.54, 1.807) is 6.92 Å². The van der Waals surface area contributed by atoms with Gasteiger partial charge in [-0.2, -0.15) is 0 Å².